The number of aromatic nitrogens is 6. The number of ether oxygens (including phenoxy) is 1. The number of hydrogen-bond donors (Lipinski definition) is 2. The van der Waals surface area contributed by atoms with Crippen molar-refractivity contribution < 1.29 is 29.1 Å². The highest BCUT2D eigenvalue weighted by molar-refractivity contribution is 5.89. The standard InChI is InChI=1S/C18H25N7O4.C4H4O4/c1-22-16-15(17(26)23(2)18(22)27)25(12-19-16)6-3-4-13-20-14(29-21-13)5-7-24-8-10-28-11-9-24;5-3(6)1-2-4(7)8/h12H,3-11H2,1-2H3;1-2H,(H,5,6)(H,7,8)/b;2-1-. The number of carboxylic acids is 2. The zero-order valence-corrected chi connectivity index (χ0v) is 20.6. The zero-order valence-electron chi connectivity index (χ0n) is 20.6. The van der Waals surface area contributed by atoms with Crippen LogP contribution in [0.15, 0.2) is 32.6 Å². The molecule has 0 radical (unpaired) electrons. The Balaban J connectivity index is 0.000000414. The van der Waals surface area contributed by atoms with Crippen molar-refractivity contribution in [3.8, 4) is 0 Å². The number of aryl methyl sites for hydroxylation is 3. The van der Waals surface area contributed by atoms with Crippen molar-refractivity contribution in [3.63, 3.8) is 0 Å². The predicted molar refractivity (Wildman–Crippen MR) is 128 cm³/mol. The van der Waals surface area contributed by atoms with E-state index in [0.29, 0.717) is 48.0 Å². The molecule has 37 heavy (non-hydrogen) atoms. The molecule has 0 spiro atoms. The van der Waals surface area contributed by atoms with Gasteiger partial charge in [0.2, 0.25) is 5.89 Å². The molecule has 1 aliphatic rings. The van der Waals surface area contributed by atoms with Crippen molar-refractivity contribution in [1.29, 1.82) is 0 Å². The molecule has 0 aliphatic carbocycles. The molecule has 4 rings (SSSR count). The molecule has 0 unspecified atom stereocenters. The monoisotopic (exact) mass is 519 g/mol. The van der Waals surface area contributed by atoms with Gasteiger partial charge in [-0.05, 0) is 6.42 Å². The van der Waals surface area contributed by atoms with E-state index in [1.807, 2.05) is 0 Å². The van der Waals surface area contributed by atoms with Gasteiger partial charge in [-0.3, -0.25) is 18.8 Å². The van der Waals surface area contributed by atoms with Crippen LogP contribution in [0.3, 0.4) is 0 Å². The van der Waals surface area contributed by atoms with E-state index >= 15 is 0 Å². The molecule has 1 saturated heterocycles. The zero-order chi connectivity index (χ0) is 26.9. The summed E-state index contributed by atoms with van der Waals surface area (Å²) in [5.74, 6) is -1.21. The van der Waals surface area contributed by atoms with Crippen molar-refractivity contribution >= 4 is 23.1 Å². The minimum Gasteiger partial charge on any atom is -0.478 e. The molecular formula is C22H29N7O8. The fraction of sp³-hybridized carbons (Fsp3) is 0.500. The summed E-state index contributed by atoms with van der Waals surface area (Å²) < 4.78 is 14.9. The van der Waals surface area contributed by atoms with Gasteiger partial charge in [-0.15, -0.1) is 0 Å². The van der Waals surface area contributed by atoms with Gasteiger partial charge in [-0.2, -0.15) is 4.98 Å². The maximum Gasteiger partial charge on any atom is 0.332 e. The van der Waals surface area contributed by atoms with E-state index in [4.69, 9.17) is 19.5 Å². The van der Waals surface area contributed by atoms with Crippen LogP contribution in [-0.2, 0) is 47.8 Å². The first-order chi connectivity index (χ1) is 17.7. The largest absolute Gasteiger partial charge is 0.478 e. The Morgan fingerprint density at radius 2 is 1.70 bits per heavy atom. The number of carbonyl (C=O) groups is 2. The lowest BCUT2D eigenvalue weighted by molar-refractivity contribution is -0.134. The molecule has 2 N–H and O–H groups in total. The van der Waals surface area contributed by atoms with Crippen LogP contribution in [0.5, 0.6) is 0 Å². The van der Waals surface area contributed by atoms with Crippen LogP contribution in [0.25, 0.3) is 11.2 Å². The smallest absolute Gasteiger partial charge is 0.332 e. The molecule has 200 valence electrons. The topological polar surface area (TPSA) is 188 Å². The number of aliphatic carboxylic acids is 2. The van der Waals surface area contributed by atoms with Crippen molar-refractivity contribution in [2.75, 3.05) is 32.8 Å². The number of morpholine rings is 1. The molecule has 3 aromatic heterocycles. The second-order valence-corrected chi connectivity index (χ2v) is 8.24. The Kier molecular flexibility index (Phi) is 9.45. The third kappa shape index (κ3) is 7.44. The van der Waals surface area contributed by atoms with Crippen LogP contribution in [0.2, 0.25) is 0 Å². The highest BCUT2D eigenvalue weighted by Crippen LogP contribution is 2.09. The summed E-state index contributed by atoms with van der Waals surface area (Å²) in [5.41, 5.74) is 0.0895. The van der Waals surface area contributed by atoms with E-state index in [0.717, 1.165) is 50.3 Å². The number of rotatable bonds is 9. The van der Waals surface area contributed by atoms with Crippen molar-refractivity contribution in [1.82, 2.24) is 33.7 Å². The quantitative estimate of drug-likeness (QED) is 0.330. The van der Waals surface area contributed by atoms with E-state index in [2.05, 4.69) is 20.0 Å². The van der Waals surface area contributed by atoms with Crippen molar-refractivity contribution in [3.05, 3.63) is 51.0 Å². The van der Waals surface area contributed by atoms with Crippen LogP contribution in [0.1, 0.15) is 18.1 Å². The summed E-state index contributed by atoms with van der Waals surface area (Å²) in [7, 11) is 3.08. The molecule has 1 fully saturated rings. The summed E-state index contributed by atoms with van der Waals surface area (Å²) in [4.78, 5) is 54.6. The highest BCUT2D eigenvalue weighted by atomic mass is 16.5. The molecule has 0 bridgehead atoms. The summed E-state index contributed by atoms with van der Waals surface area (Å²) in [6.07, 6.45) is 4.79. The Labute approximate surface area is 210 Å². The lowest BCUT2D eigenvalue weighted by atomic mass is 10.3. The second-order valence-electron chi connectivity index (χ2n) is 8.24. The molecule has 0 atom stereocenters. The van der Waals surface area contributed by atoms with Gasteiger partial charge in [-0.1, -0.05) is 5.16 Å². The van der Waals surface area contributed by atoms with Gasteiger partial charge in [-0.25, -0.2) is 19.4 Å². The Hall–Kier alpha value is -4.11. The summed E-state index contributed by atoms with van der Waals surface area (Å²) in [5, 5.41) is 19.7. The van der Waals surface area contributed by atoms with Crippen LogP contribution >= 0.6 is 0 Å². The first-order valence-electron chi connectivity index (χ1n) is 11.5. The predicted octanol–water partition coefficient (Wildman–Crippen LogP) is -0.964. The number of imidazole rings is 1. The van der Waals surface area contributed by atoms with Gasteiger partial charge >= 0.3 is 17.6 Å². The van der Waals surface area contributed by atoms with Gasteiger partial charge in [0.05, 0.1) is 19.5 Å². The number of fused-ring (bicyclic) bond motifs is 1. The third-order valence-corrected chi connectivity index (χ3v) is 5.64. The van der Waals surface area contributed by atoms with Crippen LogP contribution in [-0.4, -0.2) is 88.7 Å². The first-order valence-corrected chi connectivity index (χ1v) is 11.5. The van der Waals surface area contributed by atoms with E-state index in [1.165, 1.54) is 11.6 Å². The van der Waals surface area contributed by atoms with Crippen LogP contribution in [0.4, 0.5) is 0 Å². The average Bonchev–Trinajstić information content (AvgIpc) is 3.52. The lowest BCUT2D eigenvalue weighted by Gasteiger charge is -2.25. The van der Waals surface area contributed by atoms with Gasteiger partial charge in [0, 0.05) is 65.3 Å². The molecule has 4 heterocycles. The maximum absolute atomic E-state index is 12.5. The van der Waals surface area contributed by atoms with Gasteiger partial charge in [0.1, 0.15) is 0 Å². The Morgan fingerprint density at radius 1 is 1.03 bits per heavy atom. The fourth-order valence-electron chi connectivity index (χ4n) is 3.69. The lowest BCUT2D eigenvalue weighted by Crippen LogP contribution is -2.37. The summed E-state index contributed by atoms with van der Waals surface area (Å²) in [6, 6.07) is 0. The van der Waals surface area contributed by atoms with E-state index < -0.39 is 11.9 Å². The molecule has 3 aromatic rings. The molecular weight excluding hydrogens is 490 g/mol. The number of nitrogens with zero attached hydrogens (tertiary/aromatic N) is 7. The molecule has 0 aromatic carbocycles. The van der Waals surface area contributed by atoms with E-state index in [1.54, 1.807) is 17.9 Å². The SMILES string of the molecule is Cn1c(=O)c2c(ncn2CCCc2noc(CCN3CCOCC3)n2)n(C)c1=O.O=C(O)/C=C\C(=O)O. The molecule has 1 aliphatic heterocycles. The fourth-order valence-corrected chi connectivity index (χ4v) is 3.69. The maximum atomic E-state index is 12.5. The number of hydrogen-bond acceptors (Lipinski definition) is 10. The normalized spacial score (nSPS) is 14.1. The van der Waals surface area contributed by atoms with Gasteiger partial charge in [0.25, 0.3) is 5.56 Å². The molecule has 0 saturated carbocycles. The minimum absolute atomic E-state index is 0.342. The van der Waals surface area contributed by atoms with Crippen molar-refractivity contribution in [2.24, 2.45) is 14.1 Å². The Bertz CT molecular complexity index is 1360. The Morgan fingerprint density at radius 3 is 2.35 bits per heavy atom. The van der Waals surface area contributed by atoms with E-state index in [-0.39, 0.29) is 11.2 Å². The van der Waals surface area contributed by atoms with Crippen LogP contribution in [0, 0.1) is 0 Å². The second kappa shape index (κ2) is 12.7. The van der Waals surface area contributed by atoms with Gasteiger partial charge in [0.15, 0.2) is 17.0 Å². The average molecular weight is 520 g/mol. The van der Waals surface area contributed by atoms with Crippen LogP contribution < -0.4 is 11.2 Å². The highest BCUT2D eigenvalue weighted by Gasteiger charge is 2.15. The number of carboxylic acid groups (broad SMARTS) is 2. The summed E-state index contributed by atoms with van der Waals surface area (Å²) >= 11 is 0. The van der Waals surface area contributed by atoms with Crippen molar-refractivity contribution in [2.45, 2.75) is 25.8 Å². The summed E-state index contributed by atoms with van der Waals surface area (Å²) in [6.45, 7) is 4.87. The molecule has 0 amide bonds. The van der Waals surface area contributed by atoms with Gasteiger partial charge < -0.3 is 24.0 Å². The molecule has 15 heteroatoms. The van der Waals surface area contributed by atoms with E-state index in [9.17, 15) is 19.2 Å². The minimum atomic E-state index is -1.26. The third-order valence-electron chi connectivity index (χ3n) is 5.64. The molecule has 15 nitrogen and oxygen atoms in total. The first kappa shape index (κ1) is 27.5.